The highest BCUT2D eigenvalue weighted by Gasteiger charge is 2.22. The number of ether oxygens (including phenoxy) is 2. The van der Waals surface area contributed by atoms with Crippen LogP contribution in [0.2, 0.25) is 0 Å². The summed E-state index contributed by atoms with van der Waals surface area (Å²) in [5.74, 6) is 1.93. The zero-order valence-corrected chi connectivity index (χ0v) is 11.6. The molecule has 0 bridgehead atoms. The highest BCUT2D eigenvalue weighted by atomic mass is 16.5. The standard InChI is InChI=1S/C15H21NO3/c1-3-8-16-15(17)12-6-7-13(18-2)14(9-12)19-10-11-4-5-11/h6-7,9,11H,3-5,8,10H2,1-2H3,(H,16,17). The first-order valence-electron chi connectivity index (χ1n) is 6.83. The number of carbonyl (C=O) groups excluding carboxylic acids is 1. The van der Waals surface area contributed by atoms with Gasteiger partial charge in [0.2, 0.25) is 0 Å². The topological polar surface area (TPSA) is 47.6 Å². The van der Waals surface area contributed by atoms with E-state index < -0.39 is 0 Å². The Morgan fingerprint density at radius 1 is 1.37 bits per heavy atom. The molecule has 0 saturated heterocycles. The Morgan fingerprint density at radius 2 is 2.16 bits per heavy atom. The summed E-state index contributed by atoms with van der Waals surface area (Å²) in [5.41, 5.74) is 0.611. The Bertz CT molecular complexity index is 441. The molecule has 0 aliphatic heterocycles. The molecule has 1 aromatic carbocycles. The van der Waals surface area contributed by atoms with Crippen LogP contribution >= 0.6 is 0 Å². The van der Waals surface area contributed by atoms with E-state index in [2.05, 4.69) is 5.32 Å². The lowest BCUT2D eigenvalue weighted by Gasteiger charge is -2.12. The SMILES string of the molecule is CCCNC(=O)c1ccc(OC)c(OCC2CC2)c1. The molecular weight excluding hydrogens is 242 g/mol. The van der Waals surface area contributed by atoms with Crippen LogP contribution in [0.15, 0.2) is 18.2 Å². The minimum Gasteiger partial charge on any atom is -0.493 e. The predicted molar refractivity (Wildman–Crippen MR) is 73.8 cm³/mol. The van der Waals surface area contributed by atoms with Gasteiger partial charge in [-0.15, -0.1) is 0 Å². The Balaban J connectivity index is 2.06. The van der Waals surface area contributed by atoms with Crippen molar-refractivity contribution in [2.45, 2.75) is 26.2 Å². The van der Waals surface area contributed by atoms with Crippen molar-refractivity contribution < 1.29 is 14.3 Å². The molecule has 1 amide bonds. The van der Waals surface area contributed by atoms with Crippen molar-refractivity contribution >= 4 is 5.91 Å². The van der Waals surface area contributed by atoms with E-state index in [0.29, 0.717) is 36.1 Å². The number of benzene rings is 1. The first-order chi connectivity index (χ1) is 9.24. The summed E-state index contributed by atoms with van der Waals surface area (Å²) < 4.78 is 11.0. The molecule has 0 heterocycles. The van der Waals surface area contributed by atoms with Crippen LogP contribution in [0.3, 0.4) is 0 Å². The number of nitrogens with one attached hydrogen (secondary N) is 1. The van der Waals surface area contributed by atoms with Gasteiger partial charge < -0.3 is 14.8 Å². The second-order valence-electron chi connectivity index (χ2n) is 4.88. The molecule has 2 rings (SSSR count). The smallest absolute Gasteiger partial charge is 0.251 e. The summed E-state index contributed by atoms with van der Waals surface area (Å²) in [4.78, 5) is 11.9. The molecule has 0 radical (unpaired) electrons. The minimum absolute atomic E-state index is 0.0687. The van der Waals surface area contributed by atoms with Gasteiger partial charge in [-0.05, 0) is 43.4 Å². The molecule has 1 aliphatic carbocycles. The van der Waals surface area contributed by atoms with Crippen LogP contribution in [0.4, 0.5) is 0 Å². The van der Waals surface area contributed by atoms with Crippen LogP contribution in [0.5, 0.6) is 11.5 Å². The van der Waals surface area contributed by atoms with Gasteiger partial charge in [-0.3, -0.25) is 4.79 Å². The van der Waals surface area contributed by atoms with Gasteiger partial charge in [0.1, 0.15) is 0 Å². The van der Waals surface area contributed by atoms with Gasteiger partial charge in [-0.2, -0.15) is 0 Å². The Labute approximate surface area is 114 Å². The molecule has 0 atom stereocenters. The number of methoxy groups -OCH3 is 1. The number of carbonyl (C=O) groups is 1. The van der Waals surface area contributed by atoms with Gasteiger partial charge in [0.15, 0.2) is 11.5 Å². The van der Waals surface area contributed by atoms with Gasteiger partial charge in [-0.25, -0.2) is 0 Å². The number of amides is 1. The highest BCUT2D eigenvalue weighted by molar-refractivity contribution is 5.94. The molecule has 0 aromatic heterocycles. The quantitative estimate of drug-likeness (QED) is 0.822. The normalized spacial score (nSPS) is 14.0. The van der Waals surface area contributed by atoms with Gasteiger partial charge in [0.05, 0.1) is 13.7 Å². The van der Waals surface area contributed by atoms with Crippen LogP contribution in [0.25, 0.3) is 0 Å². The first kappa shape index (κ1) is 13.7. The second-order valence-corrected chi connectivity index (χ2v) is 4.88. The van der Waals surface area contributed by atoms with Gasteiger partial charge in [0.25, 0.3) is 5.91 Å². The van der Waals surface area contributed by atoms with Crippen molar-refractivity contribution in [2.24, 2.45) is 5.92 Å². The molecule has 1 N–H and O–H groups in total. The Hall–Kier alpha value is -1.71. The van der Waals surface area contributed by atoms with E-state index in [4.69, 9.17) is 9.47 Å². The summed E-state index contributed by atoms with van der Waals surface area (Å²) >= 11 is 0. The van der Waals surface area contributed by atoms with E-state index in [1.54, 1.807) is 25.3 Å². The van der Waals surface area contributed by atoms with Crippen LogP contribution in [-0.2, 0) is 0 Å². The third kappa shape index (κ3) is 3.88. The Kier molecular flexibility index (Phi) is 4.66. The van der Waals surface area contributed by atoms with E-state index >= 15 is 0 Å². The van der Waals surface area contributed by atoms with Gasteiger partial charge in [0, 0.05) is 12.1 Å². The van der Waals surface area contributed by atoms with E-state index in [-0.39, 0.29) is 5.91 Å². The van der Waals surface area contributed by atoms with E-state index in [9.17, 15) is 4.79 Å². The van der Waals surface area contributed by atoms with E-state index in [1.165, 1.54) is 12.8 Å². The molecule has 1 aliphatic rings. The lowest BCUT2D eigenvalue weighted by Crippen LogP contribution is -2.23. The van der Waals surface area contributed by atoms with Crippen molar-refractivity contribution in [1.82, 2.24) is 5.32 Å². The van der Waals surface area contributed by atoms with Crippen molar-refractivity contribution in [2.75, 3.05) is 20.3 Å². The van der Waals surface area contributed by atoms with Gasteiger partial charge >= 0.3 is 0 Å². The number of hydrogen-bond donors (Lipinski definition) is 1. The summed E-state index contributed by atoms with van der Waals surface area (Å²) in [5, 5.41) is 2.86. The average Bonchev–Trinajstić information content (AvgIpc) is 3.26. The lowest BCUT2D eigenvalue weighted by atomic mass is 10.2. The molecule has 104 valence electrons. The third-order valence-corrected chi connectivity index (χ3v) is 3.13. The summed E-state index contributed by atoms with van der Waals surface area (Å²) in [6.45, 7) is 3.41. The van der Waals surface area contributed by atoms with Crippen LogP contribution in [-0.4, -0.2) is 26.2 Å². The lowest BCUT2D eigenvalue weighted by molar-refractivity contribution is 0.0953. The zero-order valence-electron chi connectivity index (χ0n) is 11.6. The van der Waals surface area contributed by atoms with Crippen LogP contribution < -0.4 is 14.8 Å². The van der Waals surface area contributed by atoms with Crippen molar-refractivity contribution in [3.63, 3.8) is 0 Å². The zero-order chi connectivity index (χ0) is 13.7. The van der Waals surface area contributed by atoms with Gasteiger partial charge in [-0.1, -0.05) is 6.92 Å². The highest BCUT2D eigenvalue weighted by Crippen LogP contribution is 2.33. The molecule has 0 spiro atoms. The van der Waals surface area contributed by atoms with E-state index in [0.717, 1.165) is 6.42 Å². The summed E-state index contributed by atoms with van der Waals surface area (Å²) in [6.07, 6.45) is 3.39. The maximum Gasteiger partial charge on any atom is 0.251 e. The van der Waals surface area contributed by atoms with E-state index in [1.807, 2.05) is 6.92 Å². The summed E-state index contributed by atoms with van der Waals surface area (Å²) in [7, 11) is 1.61. The molecule has 1 fully saturated rings. The predicted octanol–water partition coefficient (Wildman–Crippen LogP) is 2.62. The second kappa shape index (κ2) is 6.45. The van der Waals surface area contributed by atoms with Crippen molar-refractivity contribution in [3.05, 3.63) is 23.8 Å². The fraction of sp³-hybridized carbons (Fsp3) is 0.533. The molecule has 1 aromatic rings. The molecule has 4 heteroatoms. The fourth-order valence-electron chi connectivity index (χ4n) is 1.76. The maximum atomic E-state index is 11.9. The molecular formula is C15H21NO3. The average molecular weight is 263 g/mol. The number of rotatable bonds is 7. The fourth-order valence-corrected chi connectivity index (χ4v) is 1.76. The first-order valence-corrected chi connectivity index (χ1v) is 6.83. The monoisotopic (exact) mass is 263 g/mol. The third-order valence-electron chi connectivity index (χ3n) is 3.13. The minimum atomic E-state index is -0.0687. The largest absolute Gasteiger partial charge is 0.493 e. The maximum absolute atomic E-state index is 11.9. The van der Waals surface area contributed by atoms with Crippen molar-refractivity contribution in [1.29, 1.82) is 0 Å². The Morgan fingerprint density at radius 3 is 2.79 bits per heavy atom. The molecule has 0 unspecified atom stereocenters. The van der Waals surface area contributed by atoms with Crippen LogP contribution in [0.1, 0.15) is 36.5 Å². The molecule has 4 nitrogen and oxygen atoms in total. The van der Waals surface area contributed by atoms with Crippen molar-refractivity contribution in [3.8, 4) is 11.5 Å². The molecule has 1 saturated carbocycles. The summed E-state index contributed by atoms with van der Waals surface area (Å²) in [6, 6.07) is 5.29. The van der Waals surface area contributed by atoms with Crippen LogP contribution in [0, 0.1) is 5.92 Å². The molecule has 19 heavy (non-hydrogen) atoms. The number of hydrogen-bond acceptors (Lipinski definition) is 3.